The Morgan fingerprint density at radius 2 is 1.85 bits per heavy atom. The Hall–Kier alpha value is -1.81. The van der Waals surface area contributed by atoms with Gasteiger partial charge in [0.05, 0.1) is 10.6 Å². The van der Waals surface area contributed by atoms with Gasteiger partial charge in [-0.3, -0.25) is 0 Å². The lowest BCUT2D eigenvalue weighted by Gasteiger charge is -2.09. The van der Waals surface area contributed by atoms with E-state index in [9.17, 15) is 8.42 Å². The van der Waals surface area contributed by atoms with Crippen molar-refractivity contribution in [1.29, 1.82) is 0 Å². The predicted octanol–water partition coefficient (Wildman–Crippen LogP) is 3.06. The lowest BCUT2D eigenvalue weighted by atomic mass is 9.98. The summed E-state index contributed by atoms with van der Waals surface area (Å²) in [6, 6.07) is 7.12. The first-order valence-corrected chi connectivity index (χ1v) is 8.51. The van der Waals surface area contributed by atoms with Gasteiger partial charge >= 0.3 is 0 Å². The Morgan fingerprint density at radius 1 is 1.15 bits per heavy atom. The van der Waals surface area contributed by atoms with Crippen LogP contribution < -0.4 is 0 Å². The zero-order valence-electron chi connectivity index (χ0n) is 11.6. The van der Waals surface area contributed by atoms with E-state index in [-0.39, 0.29) is 0 Å². The second-order valence-corrected chi connectivity index (χ2v) is 7.28. The van der Waals surface area contributed by atoms with Gasteiger partial charge in [0.1, 0.15) is 0 Å². The van der Waals surface area contributed by atoms with Crippen LogP contribution in [0.3, 0.4) is 0 Å². The van der Waals surface area contributed by atoms with Crippen LogP contribution in [0.2, 0.25) is 0 Å². The third kappa shape index (κ3) is 2.20. The number of hydrogen-bond acceptors (Lipinski definition) is 2. The van der Waals surface area contributed by atoms with E-state index < -0.39 is 9.84 Å². The molecule has 0 saturated carbocycles. The highest BCUT2D eigenvalue weighted by Gasteiger charge is 2.16. The molecule has 0 radical (unpaired) electrons. The van der Waals surface area contributed by atoms with Crippen LogP contribution in [0.1, 0.15) is 17.5 Å². The van der Waals surface area contributed by atoms with Crippen molar-refractivity contribution >= 4 is 15.9 Å². The van der Waals surface area contributed by atoms with Gasteiger partial charge in [0.25, 0.3) is 0 Å². The number of benzene rings is 1. The van der Waals surface area contributed by atoms with E-state index in [0.717, 1.165) is 24.1 Å². The predicted molar refractivity (Wildman–Crippen MR) is 81.3 cm³/mol. The van der Waals surface area contributed by atoms with Crippen molar-refractivity contribution in [2.75, 3.05) is 6.26 Å². The standard InChI is InChI=1S/C16H17NO2S/c1-17-11-13-5-3-4-6-15(13)16(17)12-7-9-14(10-8-12)20(2,18)19/h4,6-11H,3,5H2,1-2H3. The summed E-state index contributed by atoms with van der Waals surface area (Å²) in [6.45, 7) is 0. The molecular weight excluding hydrogens is 270 g/mol. The summed E-state index contributed by atoms with van der Waals surface area (Å²) in [4.78, 5) is 0.361. The summed E-state index contributed by atoms with van der Waals surface area (Å²) < 4.78 is 25.1. The number of sulfone groups is 1. The van der Waals surface area contributed by atoms with Gasteiger partial charge in [-0.05, 0) is 36.1 Å². The lowest BCUT2D eigenvalue weighted by Crippen LogP contribution is -1.97. The van der Waals surface area contributed by atoms with Crippen molar-refractivity contribution < 1.29 is 8.42 Å². The highest BCUT2D eigenvalue weighted by Crippen LogP contribution is 2.32. The molecule has 20 heavy (non-hydrogen) atoms. The quantitative estimate of drug-likeness (QED) is 0.851. The summed E-state index contributed by atoms with van der Waals surface area (Å²) in [7, 11) is -1.10. The number of aryl methyl sites for hydroxylation is 2. The first-order valence-electron chi connectivity index (χ1n) is 6.62. The highest BCUT2D eigenvalue weighted by atomic mass is 32.2. The van der Waals surface area contributed by atoms with Crippen LogP contribution in [0.4, 0.5) is 0 Å². The van der Waals surface area contributed by atoms with Gasteiger partial charge in [-0.25, -0.2) is 8.42 Å². The Morgan fingerprint density at radius 3 is 2.50 bits per heavy atom. The van der Waals surface area contributed by atoms with Crippen molar-refractivity contribution in [3.8, 4) is 11.3 Å². The van der Waals surface area contributed by atoms with E-state index in [1.807, 2.05) is 19.2 Å². The maximum Gasteiger partial charge on any atom is 0.175 e. The van der Waals surface area contributed by atoms with Gasteiger partial charge in [0.2, 0.25) is 0 Å². The van der Waals surface area contributed by atoms with Gasteiger partial charge in [-0.2, -0.15) is 0 Å². The zero-order chi connectivity index (χ0) is 14.3. The first kappa shape index (κ1) is 13.2. The lowest BCUT2D eigenvalue weighted by molar-refractivity contribution is 0.602. The first-order chi connectivity index (χ1) is 9.47. The average Bonchev–Trinajstić information content (AvgIpc) is 2.73. The summed E-state index contributed by atoms with van der Waals surface area (Å²) in [6.07, 6.45) is 9.91. The molecule has 2 aromatic rings. The molecule has 0 unspecified atom stereocenters. The fourth-order valence-electron chi connectivity index (χ4n) is 2.75. The summed E-state index contributed by atoms with van der Waals surface area (Å²) in [5.74, 6) is 0. The van der Waals surface area contributed by atoms with Crippen molar-refractivity contribution in [3.63, 3.8) is 0 Å². The molecule has 0 bridgehead atoms. The monoisotopic (exact) mass is 287 g/mol. The smallest absolute Gasteiger partial charge is 0.175 e. The second-order valence-electron chi connectivity index (χ2n) is 5.27. The van der Waals surface area contributed by atoms with Gasteiger partial charge < -0.3 is 4.57 Å². The van der Waals surface area contributed by atoms with E-state index in [1.54, 1.807) is 12.1 Å². The second kappa shape index (κ2) is 4.63. The summed E-state index contributed by atoms with van der Waals surface area (Å²) in [5, 5.41) is 0. The third-order valence-electron chi connectivity index (χ3n) is 3.72. The molecule has 3 nitrogen and oxygen atoms in total. The molecule has 0 fully saturated rings. The molecule has 1 aromatic carbocycles. The Kier molecular flexibility index (Phi) is 3.05. The SMILES string of the molecule is Cn1cc2c(c1-c1ccc(S(C)(=O)=O)cc1)C=CCC2. The summed E-state index contributed by atoms with van der Waals surface area (Å²) in [5.41, 5.74) is 4.81. The number of aromatic nitrogens is 1. The van der Waals surface area contributed by atoms with Crippen LogP contribution in [0.15, 0.2) is 41.4 Å². The van der Waals surface area contributed by atoms with Crippen molar-refractivity contribution in [2.24, 2.45) is 7.05 Å². The number of nitrogens with zero attached hydrogens (tertiary/aromatic N) is 1. The van der Waals surface area contributed by atoms with Gasteiger partial charge in [0, 0.05) is 25.1 Å². The van der Waals surface area contributed by atoms with Crippen molar-refractivity contribution in [1.82, 2.24) is 4.57 Å². The molecule has 1 heterocycles. The molecule has 0 N–H and O–H groups in total. The fraction of sp³-hybridized carbons (Fsp3) is 0.250. The van der Waals surface area contributed by atoms with Crippen LogP contribution in [-0.2, 0) is 23.3 Å². The maximum atomic E-state index is 11.5. The highest BCUT2D eigenvalue weighted by molar-refractivity contribution is 7.90. The average molecular weight is 287 g/mol. The molecule has 0 aliphatic heterocycles. The number of hydrogen-bond donors (Lipinski definition) is 0. The number of fused-ring (bicyclic) bond motifs is 1. The van der Waals surface area contributed by atoms with E-state index in [2.05, 4.69) is 22.9 Å². The van der Waals surface area contributed by atoms with Crippen LogP contribution in [0.25, 0.3) is 17.3 Å². The minimum absolute atomic E-state index is 0.361. The fourth-order valence-corrected chi connectivity index (χ4v) is 3.38. The van der Waals surface area contributed by atoms with Gasteiger partial charge in [-0.15, -0.1) is 0 Å². The van der Waals surface area contributed by atoms with Gasteiger partial charge in [0.15, 0.2) is 9.84 Å². The molecule has 4 heteroatoms. The molecule has 0 saturated heterocycles. The molecule has 0 atom stereocenters. The van der Waals surface area contributed by atoms with Gasteiger partial charge in [-0.1, -0.05) is 24.3 Å². The normalized spacial score (nSPS) is 14.3. The minimum atomic E-state index is -3.14. The molecule has 0 spiro atoms. The molecule has 3 rings (SSSR count). The van der Waals surface area contributed by atoms with Crippen LogP contribution in [0, 0.1) is 0 Å². The summed E-state index contributed by atoms with van der Waals surface area (Å²) >= 11 is 0. The van der Waals surface area contributed by atoms with Crippen molar-refractivity contribution in [2.45, 2.75) is 17.7 Å². The number of allylic oxidation sites excluding steroid dienone is 1. The van der Waals surface area contributed by atoms with E-state index in [1.165, 1.54) is 17.4 Å². The van der Waals surface area contributed by atoms with Crippen LogP contribution >= 0.6 is 0 Å². The van der Waals surface area contributed by atoms with E-state index in [0.29, 0.717) is 4.90 Å². The van der Waals surface area contributed by atoms with Crippen molar-refractivity contribution in [3.05, 3.63) is 47.7 Å². The molecule has 1 aromatic heterocycles. The topological polar surface area (TPSA) is 39.1 Å². The largest absolute Gasteiger partial charge is 0.350 e. The zero-order valence-corrected chi connectivity index (χ0v) is 12.4. The van der Waals surface area contributed by atoms with E-state index in [4.69, 9.17) is 0 Å². The molecule has 1 aliphatic rings. The van der Waals surface area contributed by atoms with Crippen LogP contribution in [0.5, 0.6) is 0 Å². The Bertz CT molecular complexity index is 781. The molecule has 0 amide bonds. The third-order valence-corrected chi connectivity index (χ3v) is 4.85. The molecule has 104 valence electrons. The van der Waals surface area contributed by atoms with Crippen LogP contribution in [-0.4, -0.2) is 19.2 Å². The minimum Gasteiger partial charge on any atom is -0.350 e. The molecular formula is C16H17NO2S. The Balaban J connectivity index is 2.11. The Labute approximate surface area is 119 Å². The maximum absolute atomic E-state index is 11.5. The van der Waals surface area contributed by atoms with E-state index >= 15 is 0 Å². The molecule has 1 aliphatic carbocycles. The number of rotatable bonds is 2.